The number of carbonyl (C=O) groups excluding carboxylic acids is 1. The lowest BCUT2D eigenvalue weighted by molar-refractivity contribution is -0.120. The third kappa shape index (κ3) is 4.54. The maximum Gasteiger partial charge on any atom is 0.217 e. The Hall–Kier alpha value is -0.0900. The maximum absolute atomic E-state index is 11.0. The molecule has 4 heteroatoms. The first kappa shape index (κ1) is 16.0. The van der Waals surface area contributed by atoms with E-state index in [0.717, 1.165) is 31.3 Å². The van der Waals surface area contributed by atoms with Crippen LogP contribution in [0.2, 0.25) is 0 Å². The highest BCUT2D eigenvalue weighted by Crippen LogP contribution is 2.30. The van der Waals surface area contributed by atoms with E-state index >= 15 is 0 Å². The summed E-state index contributed by atoms with van der Waals surface area (Å²) in [6.45, 7) is 9.58. The van der Waals surface area contributed by atoms with Crippen LogP contribution in [0.5, 0.6) is 0 Å². The summed E-state index contributed by atoms with van der Waals surface area (Å²) in [5.74, 6) is 0.102. The highest BCUT2D eigenvalue weighted by Gasteiger charge is 2.29. The molecule has 3 nitrogen and oxygen atoms in total. The molecule has 0 aliphatic carbocycles. The molecule has 1 aliphatic rings. The number of nitrogens with one attached hydrogen (secondary N) is 1. The Morgan fingerprint density at radius 2 is 1.89 bits per heavy atom. The molecule has 0 aromatic carbocycles. The second-order valence-electron chi connectivity index (χ2n) is 5.59. The largest absolute Gasteiger partial charge is 0.354 e. The minimum Gasteiger partial charge on any atom is -0.354 e. The van der Waals surface area contributed by atoms with Gasteiger partial charge in [0.25, 0.3) is 0 Å². The van der Waals surface area contributed by atoms with Crippen LogP contribution < -0.4 is 5.32 Å². The minimum absolute atomic E-state index is 0.102. The standard InChI is InChI=1S/C14H27BrN2O/c1-4-14(5-2,10-15)11-17-8-6-13(7-9-17)16-12(3)18/h13H,4-11H2,1-3H3,(H,16,18). The summed E-state index contributed by atoms with van der Waals surface area (Å²) in [7, 11) is 0. The number of rotatable bonds is 6. The Balaban J connectivity index is 2.41. The highest BCUT2D eigenvalue weighted by molar-refractivity contribution is 9.09. The van der Waals surface area contributed by atoms with Crippen molar-refractivity contribution >= 4 is 21.8 Å². The van der Waals surface area contributed by atoms with Crippen molar-refractivity contribution < 1.29 is 4.79 Å². The van der Waals surface area contributed by atoms with Gasteiger partial charge in [0.2, 0.25) is 5.91 Å². The Labute approximate surface area is 120 Å². The van der Waals surface area contributed by atoms with E-state index in [9.17, 15) is 4.79 Å². The molecule has 0 atom stereocenters. The fourth-order valence-electron chi connectivity index (χ4n) is 2.70. The third-order valence-corrected chi connectivity index (χ3v) is 5.53. The van der Waals surface area contributed by atoms with Gasteiger partial charge in [0, 0.05) is 37.9 Å². The van der Waals surface area contributed by atoms with Crippen molar-refractivity contribution in [3.8, 4) is 0 Å². The molecule has 1 heterocycles. The fraction of sp³-hybridized carbons (Fsp3) is 0.929. The minimum atomic E-state index is 0.102. The summed E-state index contributed by atoms with van der Waals surface area (Å²) < 4.78 is 0. The van der Waals surface area contributed by atoms with Gasteiger partial charge in [0.15, 0.2) is 0 Å². The average Bonchev–Trinajstić information content (AvgIpc) is 2.38. The highest BCUT2D eigenvalue weighted by atomic mass is 79.9. The molecule has 106 valence electrons. The third-order valence-electron chi connectivity index (χ3n) is 4.34. The lowest BCUT2D eigenvalue weighted by Crippen LogP contribution is -2.47. The number of piperidine rings is 1. The van der Waals surface area contributed by atoms with E-state index < -0.39 is 0 Å². The molecule has 0 radical (unpaired) electrons. The molecule has 1 fully saturated rings. The Morgan fingerprint density at radius 1 is 1.33 bits per heavy atom. The van der Waals surface area contributed by atoms with Gasteiger partial charge in [-0.1, -0.05) is 29.8 Å². The van der Waals surface area contributed by atoms with Gasteiger partial charge >= 0.3 is 0 Å². The number of likely N-dealkylation sites (tertiary alicyclic amines) is 1. The molecule has 1 aliphatic heterocycles. The number of carbonyl (C=O) groups is 1. The molecule has 1 rings (SSSR count). The van der Waals surface area contributed by atoms with E-state index in [1.165, 1.54) is 19.4 Å². The number of amides is 1. The molecule has 0 aromatic heterocycles. The fourth-order valence-corrected chi connectivity index (χ4v) is 3.67. The normalized spacial score (nSPS) is 18.9. The summed E-state index contributed by atoms with van der Waals surface area (Å²) in [6, 6.07) is 0.389. The molecule has 0 unspecified atom stereocenters. The van der Waals surface area contributed by atoms with Crippen molar-refractivity contribution in [2.75, 3.05) is 25.0 Å². The predicted octanol–water partition coefficient (Wildman–Crippen LogP) is 2.79. The maximum atomic E-state index is 11.0. The summed E-state index contributed by atoms with van der Waals surface area (Å²) >= 11 is 3.68. The van der Waals surface area contributed by atoms with Crippen LogP contribution >= 0.6 is 15.9 Å². The van der Waals surface area contributed by atoms with Crippen molar-refractivity contribution in [2.45, 2.75) is 52.5 Å². The zero-order chi connectivity index (χ0) is 13.6. The van der Waals surface area contributed by atoms with Gasteiger partial charge in [-0.25, -0.2) is 0 Å². The van der Waals surface area contributed by atoms with Crippen LogP contribution in [-0.2, 0) is 4.79 Å². The van der Waals surface area contributed by atoms with Gasteiger partial charge in [-0.05, 0) is 31.1 Å². The van der Waals surface area contributed by atoms with E-state index in [1.807, 2.05) is 0 Å². The molecule has 0 saturated carbocycles. The lowest BCUT2D eigenvalue weighted by atomic mass is 9.83. The van der Waals surface area contributed by atoms with E-state index in [-0.39, 0.29) is 5.91 Å². The monoisotopic (exact) mass is 318 g/mol. The predicted molar refractivity (Wildman–Crippen MR) is 80.1 cm³/mol. The first-order chi connectivity index (χ1) is 8.55. The van der Waals surface area contributed by atoms with Gasteiger partial charge in [-0.3, -0.25) is 4.79 Å². The molecule has 0 spiro atoms. The quantitative estimate of drug-likeness (QED) is 0.764. The Kier molecular flexibility index (Phi) is 6.64. The smallest absolute Gasteiger partial charge is 0.217 e. The molecule has 1 amide bonds. The van der Waals surface area contributed by atoms with Crippen LogP contribution in [0.25, 0.3) is 0 Å². The zero-order valence-electron chi connectivity index (χ0n) is 12.0. The molecule has 0 aromatic rings. The summed E-state index contributed by atoms with van der Waals surface area (Å²) in [6.07, 6.45) is 4.62. The van der Waals surface area contributed by atoms with Crippen LogP contribution in [0.4, 0.5) is 0 Å². The summed E-state index contributed by atoms with van der Waals surface area (Å²) in [5.41, 5.74) is 0.418. The molecular formula is C14H27BrN2O. The molecular weight excluding hydrogens is 292 g/mol. The van der Waals surface area contributed by atoms with Crippen molar-refractivity contribution in [1.29, 1.82) is 0 Å². The van der Waals surface area contributed by atoms with E-state index in [4.69, 9.17) is 0 Å². The second kappa shape index (κ2) is 7.49. The molecule has 1 saturated heterocycles. The number of hydrogen-bond acceptors (Lipinski definition) is 2. The first-order valence-corrected chi connectivity index (χ1v) is 8.23. The van der Waals surface area contributed by atoms with Gasteiger partial charge < -0.3 is 10.2 Å². The zero-order valence-corrected chi connectivity index (χ0v) is 13.6. The van der Waals surface area contributed by atoms with E-state index in [0.29, 0.717) is 11.5 Å². The number of nitrogens with zero attached hydrogens (tertiary/aromatic N) is 1. The SMILES string of the molecule is CCC(CC)(CBr)CN1CCC(NC(C)=O)CC1. The summed E-state index contributed by atoms with van der Waals surface area (Å²) in [4.78, 5) is 13.6. The average molecular weight is 319 g/mol. The van der Waals surface area contributed by atoms with Gasteiger partial charge in [0.1, 0.15) is 0 Å². The van der Waals surface area contributed by atoms with Gasteiger partial charge in [0.05, 0.1) is 0 Å². The Bertz CT molecular complexity index is 250. The summed E-state index contributed by atoms with van der Waals surface area (Å²) in [5, 5.41) is 4.11. The van der Waals surface area contributed by atoms with Crippen molar-refractivity contribution in [2.24, 2.45) is 5.41 Å². The van der Waals surface area contributed by atoms with Crippen LogP contribution in [0, 0.1) is 5.41 Å². The van der Waals surface area contributed by atoms with Crippen molar-refractivity contribution in [3.63, 3.8) is 0 Å². The lowest BCUT2D eigenvalue weighted by Gasteiger charge is -2.39. The van der Waals surface area contributed by atoms with Crippen molar-refractivity contribution in [1.82, 2.24) is 10.2 Å². The Morgan fingerprint density at radius 3 is 2.28 bits per heavy atom. The van der Waals surface area contributed by atoms with Gasteiger partial charge in [-0.15, -0.1) is 0 Å². The first-order valence-electron chi connectivity index (χ1n) is 7.10. The molecule has 18 heavy (non-hydrogen) atoms. The second-order valence-corrected chi connectivity index (χ2v) is 6.15. The van der Waals surface area contributed by atoms with Gasteiger partial charge in [-0.2, -0.15) is 0 Å². The van der Waals surface area contributed by atoms with Crippen molar-refractivity contribution in [3.05, 3.63) is 0 Å². The van der Waals surface area contributed by atoms with Crippen LogP contribution in [0.3, 0.4) is 0 Å². The number of hydrogen-bond donors (Lipinski definition) is 1. The topological polar surface area (TPSA) is 32.3 Å². The molecule has 0 bridgehead atoms. The van der Waals surface area contributed by atoms with E-state index in [2.05, 4.69) is 40.0 Å². The number of halogens is 1. The van der Waals surface area contributed by atoms with Crippen LogP contribution in [0.15, 0.2) is 0 Å². The van der Waals surface area contributed by atoms with Crippen LogP contribution in [-0.4, -0.2) is 41.8 Å². The number of alkyl halides is 1. The van der Waals surface area contributed by atoms with Crippen LogP contribution in [0.1, 0.15) is 46.5 Å². The molecule has 1 N–H and O–H groups in total. The van der Waals surface area contributed by atoms with E-state index in [1.54, 1.807) is 6.92 Å².